The Morgan fingerprint density at radius 3 is 2.66 bits per heavy atom. The fourth-order valence-electron chi connectivity index (χ4n) is 2.68. The summed E-state index contributed by atoms with van der Waals surface area (Å²) >= 11 is 7.21. The van der Waals surface area contributed by atoms with Gasteiger partial charge in [-0.1, -0.05) is 53.2 Å². The van der Waals surface area contributed by atoms with Crippen molar-refractivity contribution in [3.05, 3.63) is 70.0 Å². The Morgan fingerprint density at radius 2 is 1.93 bits per heavy atom. The van der Waals surface area contributed by atoms with E-state index in [-0.39, 0.29) is 11.7 Å². The third-order valence-corrected chi connectivity index (χ3v) is 5.62. The number of nitrogens with one attached hydrogen (secondary N) is 1. The van der Waals surface area contributed by atoms with E-state index in [4.69, 9.17) is 16.3 Å². The standard InChI is InChI=1S/C21H23ClN4O2S/c1-14-4-9-18(15(2)10-14)28-12-19-24-25-21(26(19)3)29-13-20(27)23-11-16-5-7-17(22)8-6-16/h4-10H,11-13H2,1-3H3,(H,23,27). The third-order valence-electron chi connectivity index (χ3n) is 4.35. The number of ether oxygens (including phenoxy) is 1. The number of halogens is 1. The van der Waals surface area contributed by atoms with Crippen molar-refractivity contribution >= 4 is 29.3 Å². The summed E-state index contributed by atoms with van der Waals surface area (Å²) in [6, 6.07) is 13.4. The second-order valence-corrected chi connectivity index (χ2v) is 8.09. The van der Waals surface area contributed by atoms with E-state index in [0.29, 0.717) is 29.2 Å². The molecular weight excluding hydrogens is 408 g/mol. The van der Waals surface area contributed by atoms with Crippen molar-refractivity contribution in [2.24, 2.45) is 7.05 Å². The second kappa shape index (κ2) is 9.80. The Balaban J connectivity index is 1.48. The minimum atomic E-state index is -0.0685. The van der Waals surface area contributed by atoms with Crippen LogP contribution in [0.4, 0.5) is 0 Å². The lowest BCUT2D eigenvalue weighted by molar-refractivity contribution is -0.118. The summed E-state index contributed by atoms with van der Waals surface area (Å²) in [6.45, 7) is 4.85. The summed E-state index contributed by atoms with van der Waals surface area (Å²) in [5.41, 5.74) is 3.28. The first-order valence-corrected chi connectivity index (χ1v) is 10.5. The topological polar surface area (TPSA) is 69.0 Å². The van der Waals surface area contributed by atoms with Crippen molar-refractivity contribution in [1.82, 2.24) is 20.1 Å². The molecule has 0 aliphatic carbocycles. The van der Waals surface area contributed by atoms with E-state index in [9.17, 15) is 4.79 Å². The Hall–Kier alpha value is -2.51. The van der Waals surface area contributed by atoms with Gasteiger partial charge in [0.1, 0.15) is 12.4 Å². The van der Waals surface area contributed by atoms with E-state index >= 15 is 0 Å². The van der Waals surface area contributed by atoms with Crippen molar-refractivity contribution in [1.29, 1.82) is 0 Å². The van der Waals surface area contributed by atoms with Gasteiger partial charge >= 0.3 is 0 Å². The molecule has 0 unspecified atom stereocenters. The molecule has 2 aromatic carbocycles. The minimum Gasteiger partial charge on any atom is -0.485 e. The monoisotopic (exact) mass is 430 g/mol. The van der Waals surface area contributed by atoms with Crippen LogP contribution >= 0.6 is 23.4 Å². The molecule has 1 heterocycles. The van der Waals surface area contributed by atoms with Gasteiger partial charge in [-0.3, -0.25) is 4.79 Å². The van der Waals surface area contributed by atoms with Crippen LogP contribution in [0.25, 0.3) is 0 Å². The number of amides is 1. The number of hydrogen-bond donors (Lipinski definition) is 1. The van der Waals surface area contributed by atoms with E-state index in [1.165, 1.54) is 17.3 Å². The molecular formula is C21H23ClN4O2S. The van der Waals surface area contributed by atoms with E-state index < -0.39 is 0 Å². The number of carbonyl (C=O) groups is 1. The molecule has 3 rings (SSSR count). The van der Waals surface area contributed by atoms with E-state index in [1.54, 1.807) is 12.1 Å². The van der Waals surface area contributed by atoms with Crippen molar-refractivity contribution in [3.63, 3.8) is 0 Å². The number of aromatic nitrogens is 3. The largest absolute Gasteiger partial charge is 0.485 e. The first-order chi connectivity index (χ1) is 13.9. The highest BCUT2D eigenvalue weighted by atomic mass is 35.5. The maximum absolute atomic E-state index is 12.1. The molecule has 0 atom stereocenters. The fraction of sp³-hybridized carbons (Fsp3) is 0.286. The highest BCUT2D eigenvalue weighted by Crippen LogP contribution is 2.21. The first kappa shape index (κ1) is 21.2. The van der Waals surface area contributed by atoms with Crippen LogP contribution < -0.4 is 10.1 Å². The van der Waals surface area contributed by atoms with Crippen LogP contribution in [0.5, 0.6) is 5.75 Å². The summed E-state index contributed by atoms with van der Waals surface area (Å²) < 4.78 is 7.72. The maximum atomic E-state index is 12.1. The average molecular weight is 431 g/mol. The Labute approximate surface area is 179 Å². The molecule has 152 valence electrons. The normalized spacial score (nSPS) is 10.8. The molecule has 0 bridgehead atoms. The smallest absolute Gasteiger partial charge is 0.230 e. The molecule has 6 nitrogen and oxygen atoms in total. The molecule has 0 fully saturated rings. The van der Waals surface area contributed by atoms with E-state index in [1.807, 2.05) is 42.8 Å². The zero-order chi connectivity index (χ0) is 20.8. The van der Waals surface area contributed by atoms with Crippen LogP contribution in [-0.2, 0) is 25.0 Å². The van der Waals surface area contributed by atoms with Crippen LogP contribution in [-0.4, -0.2) is 26.4 Å². The first-order valence-electron chi connectivity index (χ1n) is 9.14. The molecule has 0 saturated carbocycles. The molecule has 29 heavy (non-hydrogen) atoms. The van der Waals surface area contributed by atoms with Gasteiger partial charge in [0.2, 0.25) is 5.91 Å². The van der Waals surface area contributed by atoms with Crippen LogP contribution in [0.3, 0.4) is 0 Å². The zero-order valence-electron chi connectivity index (χ0n) is 16.6. The van der Waals surface area contributed by atoms with Gasteiger partial charge in [-0.2, -0.15) is 0 Å². The van der Waals surface area contributed by atoms with Gasteiger partial charge in [0.15, 0.2) is 11.0 Å². The van der Waals surface area contributed by atoms with Crippen molar-refractivity contribution in [2.45, 2.75) is 32.2 Å². The number of carbonyl (C=O) groups excluding carboxylic acids is 1. The van der Waals surface area contributed by atoms with E-state index in [2.05, 4.69) is 28.5 Å². The molecule has 0 saturated heterocycles. The Bertz CT molecular complexity index is 989. The van der Waals surface area contributed by atoms with Gasteiger partial charge < -0.3 is 14.6 Å². The van der Waals surface area contributed by atoms with E-state index in [0.717, 1.165) is 16.9 Å². The van der Waals surface area contributed by atoms with Crippen LogP contribution in [0, 0.1) is 13.8 Å². The summed E-state index contributed by atoms with van der Waals surface area (Å²) in [6.07, 6.45) is 0. The number of aryl methyl sites for hydroxylation is 2. The lowest BCUT2D eigenvalue weighted by Crippen LogP contribution is -2.24. The highest BCUT2D eigenvalue weighted by molar-refractivity contribution is 7.99. The van der Waals surface area contributed by atoms with Crippen molar-refractivity contribution in [3.8, 4) is 5.75 Å². The molecule has 1 amide bonds. The maximum Gasteiger partial charge on any atom is 0.230 e. The number of rotatable bonds is 8. The number of nitrogens with zero attached hydrogens (tertiary/aromatic N) is 3. The quantitative estimate of drug-likeness (QED) is 0.545. The minimum absolute atomic E-state index is 0.0685. The number of hydrogen-bond acceptors (Lipinski definition) is 5. The van der Waals surface area contributed by atoms with Crippen LogP contribution in [0.2, 0.25) is 5.02 Å². The summed E-state index contributed by atoms with van der Waals surface area (Å²) in [4.78, 5) is 12.1. The lowest BCUT2D eigenvalue weighted by atomic mass is 10.1. The van der Waals surface area contributed by atoms with Crippen molar-refractivity contribution in [2.75, 3.05) is 5.75 Å². The van der Waals surface area contributed by atoms with Gasteiger partial charge in [0.25, 0.3) is 0 Å². The van der Waals surface area contributed by atoms with Gasteiger partial charge in [-0.25, -0.2) is 0 Å². The Morgan fingerprint density at radius 1 is 1.17 bits per heavy atom. The van der Waals surface area contributed by atoms with Gasteiger partial charge in [0, 0.05) is 18.6 Å². The predicted molar refractivity (Wildman–Crippen MR) is 115 cm³/mol. The zero-order valence-corrected chi connectivity index (χ0v) is 18.2. The molecule has 1 aromatic heterocycles. The average Bonchev–Trinajstić information content (AvgIpc) is 3.05. The molecule has 0 spiro atoms. The second-order valence-electron chi connectivity index (χ2n) is 6.71. The highest BCUT2D eigenvalue weighted by Gasteiger charge is 2.12. The Kier molecular flexibility index (Phi) is 7.17. The van der Waals surface area contributed by atoms with Gasteiger partial charge in [-0.05, 0) is 43.2 Å². The number of benzene rings is 2. The molecule has 0 aliphatic heterocycles. The molecule has 1 N–H and O–H groups in total. The summed E-state index contributed by atoms with van der Waals surface area (Å²) in [5.74, 6) is 1.72. The molecule has 3 aromatic rings. The van der Waals surface area contributed by atoms with Crippen molar-refractivity contribution < 1.29 is 9.53 Å². The van der Waals surface area contributed by atoms with Gasteiger partial charge in [0.05, 0.1) is 5.75 Å². The van der Waals surface area contributed by atoms with Crippen LogP contribution in [0.1, 0.15) is 22.5 Å². The summed E-state index contributed by atoms with van der Waals surface area (Å²) in [7, 11) is 1.87. The number of thioether (sulfide) groups is 1. The molecule has 8 heteroatoms. The lowest BCUT2D eigenvalue weighted by Gasteiger charge is -2.09. The molecule has 0 radical (unpaired) electrons. The predicted octanol–water partition coefficient (Wildman–Crippen LogP) is 4.07. The summed E-state index contributed by atoms with van der Waals surface area (Å²) in [5, 5.41) is 12.6. The third kappa shape index (κ3) is 5.98. The fourth-order valence-corrected chi connectivity index (χ4v) is 3.57. The van der Waals surface area contributed by atoms with Gasteiger partial charge in [-0.15, -0.1) is 10.2 Å². The van der Waals surface area contributed by atoms with Crippen LogP contribution in [0.15, 0.2) is 47.6 Å². The SMILES string of the molecule is Cc1ccc(OCc2nnc(SCC(=O)NCc3ccc(Cl)cc3)n2C)c(C)c1. The molecule has 0 aliphatic rings.